The molecule has 9 heteroatoms. The summed E-state index contributed by atoms with van der Waals surface area (Å²) >= 11 is 0. The van der Waals surface area contributed by atoms with Crippen LogP contribution in [0.4, 0.5) is 20.2 Å². The van der Waals surface area contributed by atoms with Gasteiger partial charge < -0.3 is 21.5 Å². The Balaban J connectivity index is 1.53. The number of Topliss-reactive ketones (excluding diaryl/α,β-unsaturated/α-hetero) is 1. The molecule has 2 aliphatic rings. The lowest BCUT2D eigenvalue weighted by atomic mass is 9.93. The van der Waals surface area contributed by atoms with Crippen molar-refractivity contribution in [2.24, 2.45) is 11.7 Å². The maximum Gasteiger partial charge on any atom is 0.187 e. The summed E-state index contributed by atoms with van der Waals surface area (Å²) in [5.74, 6) is -1.56. The Hall–Kier alpha value is -3.43. The highest BCUT2D eigenvalue weighted by molar-refractivity contribution is 6.01. The minimum atomic E-state index is -0.773. The van der Waals surface area contributed by atoms with Gasteiger partial charge in [-0.05, 0) is 49.4 Å². The van der Waals surface area contributed by atoms with Crippen LogP contribution in [0.5, 0.6) is 0 Å². The quantitative estimate of drug-likeness (QED) is 0.465. The Morgan fingerprint density at radius 3 is 2.67 bits per heavy atom. The fourth-order valence-corrected chi connectivity index (χ4v) is 5.49. The molecule has 0 spiro atoms. The van der Waals surface area contributed by atoms with Gasteiger partial charge in [-0.1, -0.05) is 13.0 Å². The number of aliphatic hydroxyl groups excluding tert-OH is 1. The van der Waals surface area contributed by atoms with Crippen LogP contribution < -0.4 is 16.4 Å². The average molecular weight is 494 g/mol. The van der Waals surface area contributed by atoms with Crippen LogP contribution in [-0.4, -0.2) is 40.0 Å². The van der Waals surface area contributed by atoms with Crippen LogP contribution in [0.25, 0.3) is 11.3 Å². The molecule has 1 saturated heterocycles. The van der Waals surface area contributed by atoms with Crippen LogP contribution in [0.3, 0.4) is 0 Å². The van der Waals surface area contributed by atoms with E-state index in [2.05, 4.69) is 21.8 Å². The second-order valence-corrected chi connectivity index (χ2v) is 9.89. The first kappa shape index (κ1) is 24.3. The molecule has 5 N–H and O–H groups in total. The third-order valence-electron chi connectivity index (χ3n) is 7.01. The molecule has 3 heterocycles. The molecule has 1 fully saturated rings. The molecular weight excluding hydrogens is 464 g/mol. The van der Waals surface area contributed by atoms with Crippen LogP contribution in [0.1, 0.15) is 53.2 Å². The van der Waals surface area contributed by atoms with Crippen molar-refractivity contribution in [3.8, 4) is 11.3 Å². The van der Waals surface area contributed by atoms with Gasteiger partial charge in [-0.25, -0.2) is 13.8 Å². The number of anilines is 2. The van der Waals surface area contributed by atoms with Crippen LogP contribution >= 0.6 is 0 Å². The number of pyridine rings is 2. The topological polar surface area (TPSA) is 118 Å². The molecule has 7 nitrogen and oxygen atoms in total. The third-order valence-corrected chi connectivity index (χ3v) is 7.01. The number of carbonyl (C=O) groups is 1. The number of hydrogen-bond acceptors (Lipinski definition) is 7. The Morgan fingerprint density at radius 1 is 1.19 bits per heavy atom. The number of fused-ring (bicyclic) bond motifs is 1. The van der Waals surface area contributed by atoms with Crippen molar-refractivity contribution in [2.75, 3.05) is 23.7 Å². The Bertz CT molecular complexity index is 1300. The number of aliphatic hydroxyl groups is 1. The lowest BCUT2D eigenvalue weighted by Gasteiger charge is -2.38. The van der Waals surface area contributed by atoms with Gasteiger partial charge in [0.05, 0.1) is 28.7 Å². The molecule has 5 rings (SSSR count). The molecule has 1 aliphatic carbocycles. The van der Waals surface area contributed by atoms with Crippen LogP contribution in [0.15, 0.2) is 36.5 Å². The Kier molecular flexibility index (Phi) is 6.44. The van der Waals surface area contributed by atoms with Gasteiger partial charge in [-0.2, -0.15) is 0 Å². The Morgan fingerprint density at radius 2 is 1.94 bits per heavy atom. The standard InChI is InChI=1S/C27H29F2N5O2/c1-14-9-16(30)13-34(12-14)27-15(11-32-25-17(27)5-8-22(25)35)10-23(36)26-20(31)6-7-21(33-26)24-18(28)3-2-4-19(24)29/h2-4,6-7,11,14,16,22,35H,5,8-10,12-13,30-31H2,1H3/t14-,16+,22?/m1/s1. The molecule has 3 aromatic rings. The average Bonchev–Trinajstić information content (AvgIpc) is 3.19. The monoisotopic (exact) mass is 493 g/mol. The van der Waals surface area contributed by atoms with E-state index in [-0.39, 0.29) is 40.9 Å². The molecule has 3 atom stereocenters. The molecule has 188 valence electrons. The minimum absolute atomic E-state index is 0.00268. The summed E-state index contributed by atoms with van der Waals surface area (Å²) in [6.45, 7) is 3.56. The SMILES string of the molecule is C[C@@H]1C[C@H](N)CN(c2c(CC(=O)c3nc(-c4c(F)cccc4F)ccc3N)cnc3c2CCC3O)C1. The zero-order valence-electron chi connectivity index (χ0n) is 20.0. The van der Waals surface area contributed by atoms with E-state index in [4.69, 9.17) is 11.5 Å². The molecule has 1 aliphatic heterocycles. The lowest BCUT2D eigenvalue weighted by Crippen LogP contribution is -2.47. The number of halogens is 2. The van der Waals surface area contributed by atoms with E-state index in [9.17, 15) is 18.7 Å². The van der Waals surface area contributed by atoms with Gasteiger partial charge in [0.1, 0.15) is 17.3 Å². The second-order valence-electron chi connectivity index (χ2n) is 9.89. The van der Waals surface area contributed by atoms with Crippen LogP contribution in [0, 0.1) is 17.6 Å². The number of rotatable bonds is 5. The van der Waals surface area contributed by atoms with Gasteiger partial charge >= 0.3 is 0 Å². The number of nitrogens with two attached hydrogens (primary N) is 2. The van der Waals surface area contributed by atoms with Crippen molar-refractivity contribution in [2.45, 2.75) is 44.8 Å². The zero-order chi connectivity index (χ0) is 25.6. The highest BCUT2D eigenvalue weighted by Gasteiger charge is 2.32. The maximum atomic E-state index is 14.4. The van der Waals surface area contributed by atoms with E-state index < -0.39 is 17.7 Å². The molecular formula is C27H29F2N5O2. The largest absolute Gasteiger partial charge is 0.397 e. The van der Waals surface area contributed by atoms with Gasteiger partial charge in [-0.15, -0.1) is 0 Å². The highest BCUT2D eigenvalue weighted by atomic mass is 19.1. The van der Waals surface area contributed by atoms with Gasteiger partial charge in [0.25, 0.3) is 0 Å². The summed E-state index contributed by atoms with van der Waals surface area (Å²) in [6, 6.07) is 6.37. The summed E-state index contributed by atoms with van der Waals surface area (Å²) in [7, 11) is 0. The number of piperidine rings is 1. The summed E-state index contributed by atoms with van der Waals surface area (Å²) in [5.41, 5.74) is 15.3. The summed E-state index contributed by atoms with van der Waals surface area (Å²) in [4.78, 5) is 24.4. The minimum Gasteiger partial charge on any atom is -0.397 e. The zero-order valence-corrected chi connectivity index (χ0v) is 20.0. The van der Waals surface area contributed by atoms with E-state index >= 15 is 0 Å². The number of aromatic nitrogens is 2. The lowest BCUT2D eigenvalue weighted by molar-refractivity contribution is 0.0989. The van der Waals surface area contributed by atoms with Gasteiger partial charge in [0.2, 0.25) is 0 Å². The van der Waals surface area contributed by atoms with Gasteiger partial charge in [-0.3, -0.25) is 9.78 Å². The van der Waals surface area contributed by atoms with Crippen molar-refractivity contribution < 1.29 is 18.7 Å². The number of nitrogens with zero attached hydrogens (tertiary/aromatic N) is 3. The van der Waals surface area contributed by atoms with Crippen molar-refractivity contribution in [3.63, 3.8) is 0 Å². The Labute approximate surface area is 208 Å². The summed E-state index contributed by atoms with van der Waals surface area (Å²) in [5, 5.41) is 10.4. The molecule has 2 aromatic heterocycles. The van der Waals surface area contributed by atoms with E-state index in [1.165, 1.54) is 18.2 Å². The van der Waals surface area contributed by atoms with Gasteiger partial charge in [0.15, 0.2) is 5.78 Å². The molecule has 0 bridgehead atoms. The summed E-state index contributed by atoms with van der Waals surface area (Å²) in [6.07, 6.45) is 3.09. The predicted molar refractivity (Wildman–Crippen MR) is 134 cm³/mol. The first-order valence-electron chi connectivity index (χ1n) is 12.2. The highest BCUT2D eigenvalue weighted by Crippen LogP contribution is 2.40. The third kappa shape index (κ3) is 4.44. The number of ketones is 1. The van der Waals surface area contributed by atoms with E-state index in [0.29, 0.717) is 36.6 Å². The fourth-order valence-electron chi connectivity index (χ4n) is 5.49. The van der Waals surface area contributed by atoms with Crippen molar-refractivity contribution >= 4 is 17.2 Å². The van der Waals surface area contributed by atoms with Gasteiger partial charge in [0, 0.05) is 48.6 Å². The van der Waals surface area contributed by atoms with Crippen LogP contribution in [0.2, 0.25) is 0 Å². The number of hydrogen-bond donors (Lipinski definition) is 3. The first-order chi connectivity index (χ1) is 17.2. The molecule has 36 heavy (non-hydrogen) atoms. The van der Waals surface area contributed by atoms with Crippen molar-refractivity contribution in [3.05, 3.63) is 70.7 Å². The smallest absolute Gasteiger partial charge is 0.187 e. The van der Waals surface area contributed by atoms with E-state index in [0.717, 1.165) is 36.3 Å². The predicted octanol–water partition coefficient (Wildman–Crippen LogP) is 3.58. The normalized spacial score (nSPS) is 21.5. The molecule has 1 aromatic carbocycles. The van der Waals surface area contributed by atoms with Crippen molar-refractivity contribution in [1.82, 2.24) is 9.97 Å². The van der Waals surface area contributed by atoms with Crippen LogP contribution in [-0.2, 0) is 12.8 Å². The number of benzene rings is 1. The fraction of sp³-hybridized carbons (Fsp3) is 0.370. The number of carbonyl (C=O) groups excluding carboxylic acids is 1. The van der Waals surface area contributed by atoms with Crippen molar-refractivity contribution in [1.29, 1.82) is 0 Å². The molecule has 0 amide bonds. The maximum absolute atomic E-state index is 14.4. The molecule has 0 saturated carbocycles. The van der Waals surface area contributed by atoms with E-state index in [1.54, 1.807) is 6.20 Å². The molecule has 0 radical (unpaired) electrons. The first-order valence-corrected chi connectivity index (χ1v) is 12.2. The second kappa shape index (κ2) is 9.55. The number of nitrogen functional groups attached to an aromatic ring is 1. The summed E-state index contributed by atoms with van der Waals surface area (Å²) < 4.78 is 28.7. The van der Waals surface area contributed by atoms with E-state index in [1.807, 2.05) is 0 Å². The molecule has 1 unspecified atom stereocenters.